The topological polar surface area (TPSA) is 21.3 Å². The largest absolute Gasteiger partial charge is 0.378 e. The van der Waals surface area contributed by atoms with Crippen LogP contribution in [0, 0.1) is 10.8 Å². The molecule has 0 aromatic carbocycles. The summed E-state index contributed by atoms with van der Waals surface area (Å²) in [4.78, 5) is 0. The summed E-state index contributed by atoms with van der Waals surface area (Å²) in [5.41, 5.74) is 1.07. The third kappa shape index (κ3) is 2.66. The molecule has 1 N–H and O–H groups in total. The molecule has 0 saturated heterocycles. The Morgan fingerprint density at radius 3 is 2.30 bits per heavy atom. The fraction of sp³-hybridized carbons (Fsp3) is 1.00. The Labute approximate surface area is 125 Å². The van der Waals surface area contributed by atoms with Gasteiger partial charge in [0.25, 0.3) is 0 Å². The smallest absolute Gasteiger partial charge is 0.0661 e. The first-order valence-corrected chi connectivity index (χ1v) is 9.04. The van der Waals surface area contributed by atoms with E-state index >= 15 is 0 Å². The van der Waals surface area contributed by atoms with Crippen molar-refractivity contribution in [3.63, 3.8) is 0 Å². The van der Waals surface area contributed by atoms with Gasteiger partial charge < -0.3 is 10.1 Å². The molecular weight excluding hydrogens is 246 g/mol. The number of nitrogens with one attached hydrogen (secondary N) is 1. The van der Waals surface area contributed by atoms with Gasteiger partial charge in [-0.3, -0.25) is 0 Å². The van der Waals surface area contributed by atoms with E-state index in [1.807, 2.05) is 0 Å². The molecule has 2 heteroatoms. The average molecular weight is 279 g/mol. The van der Waals surface area contributed by atoms with Crippen molar-refractivity contribution >= 4 is 0 Å². The predicted molar refractivity (Wildman–Crippen MR) is 83.9 cm³/mol. The molecule has 1 spiro atoms. The van der Waals surface area contributed by atoms with E-state index in [1.165, 1.54) is 70.8 Å². The van der Waals surface area contributed by atoms with E-state index in [9.17, 15) is 0 Å². The Kier molecular flexibility index (Phi) is 4.42. The van der Waals surface area contributed by atoms with E-state index in [4.69, 9.17) is 4.74 Å². The average Bonchev–Trinajstić information content (AvgIpc) is 2.95. The number of rotatable bonds is 5. The normalized spacial score (nSPS) is 35.1. The van der Waals surface area contributed by atoms with Crippen LogP contribution in [0.5, 0.6) is 0 Å². The summed E-state index contributed by atoms with van der Waals surface area (Å²) in [6.45, 7) is 6.76. The van der Waals surface area contributed by atoms with Crippen molar-refractivity contribution in [1.29, 1.82) is 0 Å². The molecule has 0 radical (unpaired) electrons. The van der Waals surface area contributed by atoms with Crippen LogP contribution in [-0.4, -0.2) is 25.3 Å². The molecule has 2 unspecified atom stereocenters. The second-order valence-corrected chi connectivity index (χ2v) is 7.92. The molecule has 3 aliphatic carbocycles. The molecule has 3 aliphatic rings. The first-order valence-electron chi connectivity index (χ1n) is 9.04. The maximum atomic E-state index is 6.02. The Bertz CT molecular complexity index is 315. The van der Waals surface area contributed by atoms with E-state index in [-0.39, 0.29) is 0 Å². The van der Waals surface area contributed by atoms with Gasteiger partial charge in [0.05, 0.1) is 6.10 Å². The monoisotopic (exact) mass is 279 g/mol. The molecule has 2 atom stereocenters. The summed E-state index contributed by atoms with van der Waals surface area (Å²) in [5.74, 6) is 0. The second kappa shape index (κ2) is 5.96. The molecule has 3 rings (SSSR count). The predicted octanol–water partition coefficient (Wildman–Crippen LogP) is 4.28. The summed E-state index contributed by atoms with van der Waals surface area (Å²) < 4.78 is 6.02. The summed E-state index contributed by atoms with van der Waals surface area (Å²) in [5, 5.41) is 3.97. The van der Waals surface area contributed by atoms with E-state index in [2.05, 4.69) is 19.2 Å². The minimum Gasteiger partial charge on any atom is -0.378 e. The van der Waals surface area contributed by atoms with Crippen LogP contribution in [0.3, 0.4) is 0 Å². The van der Waals surface area contributed by atoms with Crippen LogP contribution in [-0.2, 0) is 4.74 Å². The van der Waals surface area contributed by atoms with Crippen LogP contribution in [0.4, 0.5) is 0 Å². The lowest BCUT2D eigenvalue weighted by Crippen LogP contribution is -2.63. The van der Waals surface area contributed by atoms with Gasteiger partial charge in [-0.1, -0.05) is 39.0 Å². The van der Waals surface area contributed by atoms with Crippen molar-refractivity contribution in [2.24, 2.45) is 10.8 Å². The van der Waals surface area contributed by atoms with Crippen molar-refractivity contribution in [2.45, 2.75) is 90.2 Å². The standard InChI is InChI=1S/C18H33NO/c1-3-20-16-13-15(18(16)11-7-8-12-18)19-14-17(2)9-5-4-6-10-17/h15-16,19H,3-14H2,1-2H3. The molecule has 20 heavy (non-hydrogen) atoms. The highest BCUT2D eigenvalue weighted by atomic mass is 16.5. The fourth-order valence-electron chi connectivity index (χ4n) is 5.12. The van der Waals surface area contributed by atoms with Gasteiger partial charge in [-0.25, -0.2) is 0 Å². The van der Waals surface area contributed by atoms with Gasteiger partial charge in [0, 0.05) is 24.6 Å². The summed E-state index contributed by atoms with van der Waals surface area (Å²) in [6.07, 6.45) is 14.6. The van der Waals surface area contributed by atoms with Crippen molar-refractivity contribution in [2.75, 3.05) is 13.2 Å². The third-order valence-electron chi connectivity index (χ3n) is 6.52. The highest BCUT2D eigenvalue weighted by molar-refractivity contribution is 5.10. The first-order chi connectivity index (χ1) is 9.69. The number of ether oxygens (including phenoxy) is 1. The van der Waals surface area contributed by atoms with Gasteiger partial charge in [0.1, 0.15) is 0 Å². The Hall–Kier alpha value is -0.0800. The van der Waals surface area contributed by atoms with E-state index in [0.717, 1.165) is 12.6 Å². The van der Waals surface area contributed by atoms with E-state index < -0.39 is 0 Å². The van der Waals surface area contributed by atoms with E-state index in [0.29, 0.717) is 16.9 Å². The fourth-order valence-corrected chi connectivity index (χ4v) is 5.12. The van der Waals surface area contributed by atoms with Crippen LogP contribution in [0.2, 0.25) is 0 Å². The first kappa shape index (κ1) is 14.8. The highest BCUT2D eigenvalue weighted by Gasteiger charge is 2.56. The number of hydrogen-bond acceptors (Lipinski definition) is 2. The Morgan fingerprint density at radius 1 is 1.00 bits per heavy atom. The van der Waals surface area contributed by atoms with Gasteiger partial charge in [-0.05, 0) is 44.4 Å². The second-order valence-electron chi connectivity index (χ2n) is 7.92. The zero-order valence-electron chi connectivity index (χ0n) is 13.5. The molecular formula is C18H33NO. The van der Waals surface area contributed by atoms with Gasteiger partial charge in [-0.2, -0.15) is 0 Å². The lowest BCUT2D eigenvalue weighted by molar-refractivity contribution is -0.132. The maximum absolute atomic E-state index is 6.02. The molecule has 0 heterocycles. The molecule has 0 amide bonds. The molecule has 116 valence electrons. The minimum atomic E-state index is 0.501. The maximum Gasteiger partial charge on any atom is 0.0661 e. The minimum absolute atomic E-state index is 0.501. The van der Waals surface area contributed by atoms with Crippen molar-refractivity contribution in [1.82, 2.24) is 5.32 Å². The highest BCUT2D eigenvalue weighted by Crippen LogP contribution is 2.55. The summed E-state index contributed by atoms with van der Waals surface area (Å²) in [6, 6.07) is 0.736. The SMILES string of the molecule is CCOC1CC(NCC2(C)CCCCC2)C12CCCC2. The quantitative estimate of drug-likeness (QED) is 0.811. The molecule has 3 saturated carbocycles. The molecule has 0 aromatic rings. The van der Waals surface area contributed by atoms with Crippen LogP contribution in [0.25, 0.3) is 0 Å². The van der Waals surface area contributed by atoms with Crippen LogP contribution < -0.4 is 5.32 Å². The lowest BCUT2D eigenvalue weighted by Gasteiger charge is -2.55. The zero-order chi connectivity index (χ0) is 14.1. The Balaban J connectivity index is 1.55. The molecule has 0 bridgehead atoms. The third-order valence-corrected chi connectivity index (χ3v) is 6.52. The van der Waals surface area contributed by atoms with Crippen LogP contribution in [0.1, 0.15) is 78.1 Å². The van der Waals surface area contributed by atoms with Gasteiger partial charge in [0.2, 0.25) is 0 Å². The van der Waals surface area contributed by atoms with Gasteiger partial charge in [-0.15, -0.1) is 0 Å². The van der Waals surface area contributed by atoms with Crippen LogP contribution in [0.15, 0.2) is 0 Å². The van der Waals surface area contributed by atoms with Crippen LogP contribution >= 0.6 is 0 Å². The van der Waals surface area contributed by atoms with Gasteiger partial charge >= 0.3 is 0 Å². The lowest BCUT2D eigenvalue weighted by atomic mass is 9.60. The van der Waals surface area contributed by atoms with Crippen molar-refractivity contribution in [3.8, 4) is 0 Å². The zero-order valence-corrected chi connectivity index (χ0v) is 13.5. The van der Waals surface area contributed by atoms with Crippen molar-refractivity contribution < 1.29 is 4.74 Å². The molecule has 0 aliphatic heterocycles. The number of hydrogen-bond donors (Lipinski definition) is 1. The molecule has 0 aromatic heterocycles. The summed E-state index contributed by atoms with van der Waals surface area (Å²) >= 11 is 0. The molecule has 3 fully saturated rings. The van der Waals surface area contributed by atoms with Gasteiger partial charge in [0.15, 0.2) is 0 Å². The van der Waals surface area contributed by atoms with Crippen molar-refractivity contribution in [3.05, 3.63) is 0 Å². The Morgan fingerprint density at radius 2 is 1.65 bits per heavy atom. The summed E-state index contributed by atoms with van der Waals surface area (Å²) in [7, 11) is 0. The van der Waals surface area contributed by atoms with E-state index in [1.54, 1.807) is 0 Å². The molecule has 2 nitrogen and oxygen atoms in total.